The molecule has 8 heteroatoms. The summed E-state index contributed by atoms with van der Waals surface area (Å²) in [6.45, 7) is 3.42. The maximum atomic E-state index is 13.1. The third-order valence-electron chi connectivity index (χ3n) is 6.17. The van der Waals surface area contributed by atoms with Gasteiger partial charge in [0.25, 0.3) is 0 Å². The van der Waals surface area contributed by atoms with Gasteiger partial charge < -0.3 is 15.1 Å². The van der Waals surface area contributed by atoms with Gasteiger partial charge in [0.2, 0.25) is 11.8 Å². The molecule has 0 unspecified atom stereocenters. The molecule has 7 nitrogen and oxygen atoms in total. The molecule has 1 aromatic heterocycles. The molecule has 1 atom stereocenters. The quantitative estimate of drug-likeness (QED) is 0.797. The lowest BCUT2D eigenvalue weighted by molar-refractivity contribution is -0.132. The number of hydrogen-bond donors (Lipinski definition) is 1. The molecule has 2 amide bonds. The average molecular weight is 426 g/mol. The van der Waals surface area contributed by atoms with Crippen molar-refractivity contribution in [3.05, 3.63) is 52.7 Å². The van der Waals surface area contributed by atoms with Crippen molar-refractivity contribution in [1.29, 1.82) is 0 Å². The second-order valence-electron chi connectivity index (χ2n) is 8.17. The fraction of sp³-hybridized carbons (Fsp3) is 0.478. The summed E-state index contributed by atoms with van der Waals surface area (Å²) < 4.78 is 13.1. The van der Waals surface area contributed by atoms with E-state index in [-0.39, 0.29) is 23.7 Å². The summed E-state index contributed by atoms with van der Waals surface area (Å²) in [6, 6.07) is 6.15. The van der Waals surface area contributed by atoms with Crippen LogP contribution < -0.4 is 5.32 Å². The van der Waals surface area contributed by atoms with Gasteiger partial charge in [-0.3, -0.25) is 9.59 Å². The van der Waals surface area contributed by atoms with E-state index in [9.17, 15) is 14.0 Å². The smallest absolute Gasteiger partial charge is 0.223 e. The van der Waals surface area contributed by atoms with Crippen molar-refractivity contribution in [3.63, 3.8) is 0 Å². The number of anilines is 1. The molecule has 0 spiro atoms. The molecule has 4 rings (SSSR count). The van der Waals surface area contributed by atoms with Crippen LogP contribution in [0.3, 0.4) is 0 Å². The van der Waals surface area contributed by atoms with E-state index in [4.69, 9.17) is 9.97 Å². The second kappa shape index (κ2) is 8.99. The number of hydrogen-bond acceptors (Lipinski definition) is 5. The zero-order valence-corrected chi connectivity index (χ0v) is 18.0. The number of likely N-dealkylation sites (tertiary alicyclic amines) is 1. The largest absolute Gasteiger partial charge is 0.373 e. The number of carbonyl (C=O) groups excluding carboxylic acids is 2. The minimum atomic E-state index is -0.272. The van der Waals surface area contributed by atoms with Crippen LogP contribution in [-0.4, -0.2) is 51.7 Å². The topological polar surface area (TPSA) is 78.4 Å². The van der Waals surface area contributed by atoms with Gasteiger partial charge in [-0.2, -0.15) is 0 Å². The van der Waals surface area contributed by atoms with E-state index in [1.165, 1.54) is 12.1 Å². The van der Waals surface area contributed by atoms with E-state index >= 15 is 0 Å². The molecule has 0 saturated carbocycles. The Bertz CT molecular complexity index is 961. The van der Waals surface area contributed by atoms with Gasteiger partial charge in [-0.05, 0) is 37.0 Å². The lowest BCUT2D eigenvalue weighted by Gasteiger charge is -2.30. The highest BCUT2D eigenvalue weighted by molar-refractivity contribution is 5.77. The predicted molar refractivity (Wildman–Crippen MR) is 115 cm³/mol. The summed E-state index contributed by atoms with van der Waals surface area (Å²) in [4.78, 5) is 38.0. The zero-order valence-electron chi connectivity index (χ0n) is 18.0. The molecule has 3 heterocycles. The van der Waals surface area contributed by atoms with Crippen LogP contribution in [0.4, 0.5) is 10.2 Å². The molecular weight excluding hydrogens is 397 g/mol. The molecule has 2 aliphatic rings. The fourth-order valence-electron chi connectivity index (χ4n) is 4.44. The number of nitrogens with zero attached hydrogens (tertiary/aromatic N) is 4. The van der Waals surface area contributed by atoms with E-state index in [0.29, 0.717) is 44.7 Å². The number of halogens is 1. The van der Waals surface area contributed by atoms with Crippen LogP contribution in [0.15, 0.2) is 24.3 Å². The number of benzene rings is 1. The standard InChI is InChI=1S/C23H28FN5O2/c1-15(30)28-13-11-19-18(14-28)22(25-2)27-23(26-19)20-4-3-12-29(20)21(31)10-7-16-5-8-17(24)9-6-16/h5-6,8-9,20H,3-4,7,10-14H2,1-2H3,(H,25,26,27)/t20-/m1/s1. The summed E-state index contributed by atoms with van der Waals surface area (Å²) >= 11 is 0. The number of carbonyl (C=O) groups is 2. The van der Waals surface area contributed by atoms with Crippen molar-refractivity contribution in [3.8, 4) is 0 Å². The molecule has 1 aromatic carbocycles. The maximum Gasteiger partial charge on any atom is 0.223 e. The fourth-order valence-corrected chi connectivity index (χ4v) is 4.44. The first-order valence-electron chi connectivity index (χ1n) is 10.8. The highest BCUT2D eigenvalue weighted by Gasteiger charge is 2.33. The van der Waals surface area contributed by atoms with Crippen LogP contribution in [0.2, 0.25) is 0 Å². The highest BCUT2D eigenvalue weighted by atomic mass is 19.1. The maximum absolute atomic E-state index is 13.1. The molecule has 2 aliphatic heterocycles. The van der Waals surface area contributed by atoms with Crippen LogP contribution in [0.1, 0.15) is 54.9 Å². The Morgan fingerprint density at radius 2 is 1.97 bits per heavy atom. The summed E-state index contributed by atoms with van der Waals surface area (Å²) in [5.74, 6) is 1.25. The Morgan fingerprint density at radius 3 is 2.68 bits per heavy atom. The van der Waals surface area contributed by atoms with Crippen LogP contribution in [0.5, 0.6) is 0 Å². The summed E-state index contributed by atoms with van der Waals surface area (Å²) in [5.41, 5.74) is 2.86. The third kappa shape index (κ3) is 4.52. The van der Waals surface area contributed by atoms with Crippen LogP contribution in [0, 0.1) is 5.82 Å². The van der Waals surface area contributed by atoms with Crippen LogP contribution in [-0.2, 0) is 29.0 Å². The number of nitrogens with one attached hydrogen (secondary N) is 1. The third-order valence-corrected chi connectivity index (χ3v) is 6.17. The first-order valence-corrected chi connectivity index (χ1v) is 10.8. The normalized spacial score (nSPS) is 18.1. The molecule has 164 valence electrons. The molecule has 1 N–H and O–H groups in total. The van der Waals surface area contributed by atoms with E-state index < -0.39 is 0 Å². The number of rotatable bonds is 5. The van der Waals surface area contributed by atoms with Crippen molar-refractivity contribution in [2.75, 3.05) is 25.5 Å². The molecule has 0 radical (unpaired) electrons. The van der Waals surface area contributed by atoms with E-state index in [2.05, 4.69) is 5.32 Å². The number of aryl methyl sites for hydroxylation is 1. The second-order valence-corrected chi connectivity index (χ2v) is 8.17. The number of fused-ring (bicyclic) bond motifs is 1. The Balaban J connectivity index is 1.51. The monoisotopic (exact) mass is 425 g/mol. The molecular formula is C23H28FN5O2. The van der Waals surface area contributed by atoms with Gasteiger partial charge >= 0.3 is 0 Å². The SMILES string of the molecule is CNc1nc([C@H]2CCCN2C(=O)CCc2ccc(F)cc2)nc2c1CN(C(C)=O)CC2. The number of aromatic nitrogens is 2. The van der Waals surface area contributed by atoms with Gasteiger partial charge in [0, 0.05) is 45.5 Å². The first kappa shape index (κ1) is 21.2. The van der Waals surface area contributed by atoms with Gasteiger partial charge in [-0.1, -0.05) is 12.1 Å². The summed E-state index contributed by atoms with van der Waals surface area (Å²) in [7, 11) is 1.82. The van der Waals surface area contributed by atoms with Crippen molar-refractivity contribution >= 4 is 17.6 Å². The van der Waals surface area contributed by atoms with Crippen LogP contribution in [0.25, 0.3) is 0 Å². The van der Waals surface area contributed by atoms with E-state index in [1.807, 2.05) is 11.9 Å². The van der Waals surface area contributed by atoms with E-state index in [1.54, 1.807) is 24.0 Å². The molecule has 1 fully saturated rings. The van der Waals surface area contributed by atoms with Gasteiger partial charge in [0.1, 0.15) is 11.6 Å². The first-order chi connectivity index (χ1) is 15.0. The summed E-state index contributed by atoms with van der Waals surface area (Å²) in [6.07, 6.45) is 3.39. The van der Waals surface area contributed by atoms with Gasteiger partial charge in [0.15, 0.2) is 5.82 Å². The molecule has 0 aliphatic carbocycles. The summed E-state index contributed by atoms with van der Waals surface area (Å²) in [5, 5.41) is 3.15. The lowest BCUT2D eigenvalue weighted by Crippen LogP contribution is -2.36. The predicted octanol–water partition coefficient (Wildman–Crippen LogP) is 2.86. The minimum absolute atomic E-state index is 0.0468. The average Bonchev–Trinajstić information content (AvgIpc) is 3.27. The molecule has 0 bridgehead atoms. The van der Waals surface area contributed by atoms with Gasteiger partial charge in [-0.25, -0.2) is 14.4 Å². The Morgan fingerprint density at radius 1 is 1.19 bits per heavy atom. The lowest BCUT2D eigenvalue weighted by atomic mass is 10.0. The molecule has 1 saturated heterocycles. The van der Waals surface area contributed by atoms with Crippen molar-refractivity contribution in [2.45, 2.75) is 51.6 Å². The molecule has 31 heavy (non-hydrogen) atoms. The number of amides is 2. The van der Waals surface area contributed by atoms with Crippen LogP contribution >= 0.6 is 0 Å². The van der Waals surface area contributed by atoms with Crippen molar-refractivity contribution < 1.29 is 14.0 Å². The minimum Gasteiger partial charge on any atom is -0.373 e. The van der Waals surface area contributed by atoms with Gasteiger partial charge in [0.05, 0.1) is 18.3 Å². The van der Waals surface area contributed by atoms with E-state index in [0.717, 1.165) is 35.5 Å². The zero-order chi connectivity index (χ0) is 22.0. The van der Waals surface area contributed by atoms with Crippen molar-refractivity contribution in [2.24, 2.45) is 0 Å². The molecule has 2 aromatic rings. The highest BCUT2D eigenvalue weighted by Crippen LogP contribution is 2.33. The van der Waals surface area contributed by atoms with Crippen molar-refractivity contribution in [1.82, 2.24) is 19.8 Å². The Labute approximate surface area is 181 Å². The Hall–Kier alpha value is -3.03. The van der Waals surface area contributed by atoms with Gasteiger partial charge in [-0.15, -0.1) is 0 Å². The Kier molecular flexibility index (Phi) is 6.15.